The first-order valence-corrected chi connectivity index (χ1v) is 10.2. The minimum atomic E-state index is -2.84. The molecule has 0 saturated carbocycles. The SMILES string of the molecule is COc1cnc(C(F)F)cc1-c1cc(-n2ccccc2=O)ncc1C(=O)OCc1ccccc1. The smallest absolute Gasteiger partial charge is 0.340 e. The fourth-order valence-electron chi connectivity index (χ4n) is 3.33. The highest BCUT2D eigenvalue weighted by atomic mass is 19.3. The average Bonchev–Trinajstić information content (AvgIpc) is 2.87. The number of carbonyl (C=O) groups is 1. The molecular formula is C25H19F2N3O4. The zero-order valence-corrected chi connectivity index (χ0v) is 18.0. The first-order chi connectivity index (χ1) is 16.5. The van der Waals surface area contributed by atoms with Crippen LogP contribution in [0, 0.1) is 0 Å². The summed E-state index contributed by atoms with van der Waals surface area (Å²) in [5, 5.41) is 0. The number of halogens is 2. The third-order valence-electron chi connectivity index (χ3n) is 5.01. The number of hydrogen-bond donors (Lipinski definition) is 0. The molecule has 0 spiro atoms. The molecule has 7 nitrogen and oxygen atoms in total. The average molecular weight is 463 g/mol. The van der Waals surface area contributed by atoms with Gasteiger partial charge in [0, 0.05) is 29.6 Å². The summed E-state index contributed by atoms with van der Waals surface area (Å²) in [6.07, 6.45) is 1.08. The number of esters is 1. The van der Waals surface area contributed by atoms with E-state index in [2.05, 4.69) is 9.97 Å². The van der Waals surface area contributed by atoms with Crippen molar-refractivity contribution in [2.24, 2.45) is 0 Å². The quantitative estimate of drug-likeness (QED) is 0.373. The van der Waals surface area contributed by atoms with Crippen molar-refractivity contribution in [3.05, 3.63) is 106 Å². The van der Waals surface area contributed by atoms with E-state index in [1.54, 1.807) is 24.3 Å². The molecule has 34 heavy (non-hydrogen) atoms. The van der Waals surface area contributed by atoms with Gasteiger partial charge in [-0.05, 0) is 23.8 Å². The van der Waals surface area contributed by atoms with Gasteiger partial charge in [-0.2, -0.15) is 0 Å². The molecule has 0 N–H and O–H groups in total. The molecule has 4 rings (SSSR count). The Kier molecular flexibility index (Phi) is 6.72. The van der Waals surface area contributed by atoms with E-state index in [0.717, 1.165) is 17.8 Å². The monoisotopic (exact) mass is 463 g/mol. The van der Waals surface area contributed by atoms with Gasteiger partial charge in [0.05, 0.1) is 18.9 Å². The molecule has 0 fully saturated rings. The second kappa shape index (κ2) is 10.0. The number of nitrogens with zero attached hydrogens (tertiary/aromatic N) is 3. The van der Waals surface area contributed by atoms with Crippen LogP contribution in [0.4, 0.5) is 8.78 Å². The zero-order valence-electron chi connectivity index (χ0n) is 18.0. The van der Waals surface area contributed by atoms with Gasteiger partial charge < -0.3 is 9.47 Å². The number of aromatic nitrogens is 3. The molecule has 3 heterocycles. The first-order valence-electron chi connectivity index (χ1n) is 10.2. The van der Waals surface area contributed by atoms with Gasteiger partial charge in [0.1, 0.15) is 23.9 Å². The van der Waals surface area contributed by atoms with E-state index in [9.17, 15) is 18.4 Å². The van der Waals surface area contributed by atoms with Crippen molar-refractivity contribution >= 4 is 5.97 Å². The third kappa shape index (κ3) is 4.83. The van der Waals surface area contributed by atoms with E-state index >= 15 is 0 Å². The Labute approximate surface area is 193 Å². The van der Waals surface area contributed by atoms with E-state index in [0.29, 0.717) is 0 Å². The molecule has 0 atom stereocenters. The number of benzene rings is 1. The van der Waals surface area contributed by atoms with Gasteiger partial charge in [0.15, 0.2) is 0 Å². The van der Waals surface area contributed by atoms with Crippen LogP contribution in [0.1, 0.15) is 28.0 Å². The number of hydrogen-bond acceptors (Lipinski definition) is 6. The predicted molar refractivity (Wildman–Crippen MR) is 120 cm³/mol. The van der Waals surface area contributed by atoms with Crippen LogP contribution in [0.3, 0.4) is 0 Å². The lowest BCUT2D eigenvalue weighted by molar-refractivity contribution is 0.0473. The Morgan fingerprint density at radius 2 is 1.76 bits per heavy atom. The summed E-state index contributed by atoms with van der Waals surface area (Å²) in [5.74, 6) is -0.354. The second-order valence-electron chi connectivity index (χ2n) is 7.17. The molecule has 172 valence electrons. The van der Waals surface area contributed by atoms with Crippen LogP contribution < -0.4 is 10.3 Å². The lowest BCUT2D eigenvalue weighted by Gasteiger charge is -2.15. The summed E-state index contributed by atoms with van der Waals surface area (Å²) in [6.45, 7) is 0.00870. The standard InChI is InChI=1S/C25H19F2N3O4/c1-33-21-14-28-20(24(26)27)11-18(21)17-12-22(30-10-6-5-9-23(30)31)29-13-19(17)25(32)34-15-16-7-3-2-4-8-16/h2-14,24H,15H2,1H3. The minimum absolute atomic E-state index is 0.00870. The summed E-state index contributed by atoms with van der Waals surface area (Å²) in [5.41, 5.74) is 0.352. The Morgan fingerprint density at radius 3 is 2.47 bits per heavy atom. The van der Waals surface area contributed by atoms with Crippen molar-refractivity contribution in [3.8, 4) is 22.7 Å². The number of alkyl halides is 2. The molecule has 0 aliphatic carbocycles. The number of rotatable bonds is 7. The van der Waals surface area contributed by atoms with Crippen LogP contribution in [-0.4, -0.2) is 27.6 Å². The first kappa shape index (κ1) is 22.8. The Bertz CT molecular complexity index is 1370. The maximum Gasteiger partial charge on any atom is 0.340 e. The molecule has 0 unspecified atom stereocenters. The van der Waals surface area contributed by atoms with Gasteiger partial charge in [-0.15, -0.1) is 0 Å². The van der Waals surface area contributed by atoms with Crippen LogP contribution in [0.2, 0.25) is 0 Å². The van der Waals surface area contributed by atoms with E-state index < -0.39 is 18.1 Å². The molecule has 3 aromatic heterocycles. The van der Waals surface area contributed by atoms with Crippen molar-refractivity contribution in [2.45, 2.75) is 13.0 Å². The number of carbonyl (C=O) groups excluding carboxylic acids is 1. The molecule has 0 aliphatic heterocycles. The van der Waals surface area contributed by atoms with Crippen molar-refractivity contribution in [2.75, 3.05) is 7.11 Å². The van der Waals surface area contributed by atoms with Gasteiger partial charge in [0.25, 0.3) is 12.0 Å². The fourth-order valence-corrected chi connectivity index (χ4v) is 3.33. The van der Waals surface area contributed by atoms with Crippen molar-refractivity contribution < 1.29 is 23.0 Å². The predicted octanol–water partition coefficient (Wildman–Crippen LogP) is 4.60. The summed E-state index contributed by atoms with van der Waals surface area (Å²) < 4.78 is 38.9. The highest BCUT2D eigenvalue weighted by Crippen LogP contribution is 2.35. The van der Waals surface area contributed by atoms with Gasteiger partial charge in [-0.3, -0.25) is 14.3 Å². The van der Waals surface area contributed by atoms with Crippen molar-refractivity contribution in [3.63, 3.8) is 0 Å². The van der Waals surface area contributed by atoms with E-state index in [-0.39, 0.29) is 40.4 Å². The Hall–Kier alpha value is -4.40. The molecule has 0 radical (unpaired) electrons. The van der Waals surface area contributed by atoms with Gasteiger partial charge in [-0.25, -0.2) is 18.6 Å². The second-order valence-corrected chi connectivity index (χ2v) is 7.17. The van der Waals surface area contributed by atoms with Crippen LogP contribution in [0.15, 0.2) is 84.0 Å². The molecule has 9 heteroatoms. The van der Waals surface area contributed by atoms with Gasteiger partial charge in [-0.1, -0.05) is 36.4 Å². The molecule has 4 aromatic rings. The third-order valence-corrected chi connectivity index (χ3v) is 5.01. The molecule has 0 aliphatic rings. The summed E-state index contributed by atoms with van der Waals surface area (Å²) >= 11 is 0. The zero-order chi connectivity index (χ0) is 24.1. The summed E-state index contributed by atoms with van der Waals surface area (Å²) in [7, 11) is 1.36. The number of ether oxygens (including phenoxy) is 2. The topological polar surface area (TPSA) is 83.3 Å². The Balaban J connectivity index is 1.84. The van der Waals surface area contributed by atoms with Crippen LogP contribution in [0.5, 0.6) is 5.75 Å². The lowest BCUT2D eigenvalue weighted by atomic mass is 10.0. The summed E-state index contributed by atoms with van der Waals surface area (Å²) in [4.78, 5) is 33.3. The molecular weight excluding hydrogens is 444 g/mol. The number of methoxy groups -OCH3 is 1. The van der Waals surface area contributed by atoms with Crippen LogP contribution in [-0.2, 0) is 11.3 Å². The fraction of sp³-hybridized carbons (Fsp3) is 0.120. The lowest BCUT2D eigenvalue weighted by Crippen LogP contribution is -2.18. The molecule has 1 aromatic carbocycles. The van der Waals surface area contributed by atoms with E-state index in [1.165, 1.54) is 36.2 Å². The van der Waals surface area contributed by atoms with Crippen LogP contribution in [0.25, 0.3) is 16.9 Å². The highest BCUT2D eigenvalue weighted by Gasteiger charge is 2.22. The van der Waals surface area contributed by atoms with Crippen molar-refractivity contribution in [1.29, 1.82) is 0 Å². The minimum Gasteiger partial charge on any atom is -0.494 e. The van der Waals surface area contributed by atoms with Crippen LogP contribution >= 0.6 is 0 Å². The molecule has 0 bridgehead atoms. The van der Waals surface area contributed by atoms with E-state index in [1.807, 2.05) is 18.2 Å². The normalized spacial score (nSPS) is 10.8. The summed E-state index contributed by atoms with van der Waals surface area (Å²) in [6, 6.07) is 16.3. The van der Waals surface area contributed by atoms with Gasteiger partial charge in [0.2, 0.25) is 0 Å². The Morgan fingerprint density at radius 1 is 1.00 bits per heavy atom. The molecule has 0 amide bonds. The molecule has 0 saturated heterocycles. The number of pyridine rings is 3. The largest absolute Gasteiger partial charge is 0.494 e. The van der Waals surface area contributed by atoms with E-state index in [4.69, 9.17) is 9.47 Å². The van der Waals surface area contributed by atoms with Crippen molar-refractivity contribution in [1.82, 2.24) is 14.5 Å². The van der Waals surface area contributed by atoms with Gasteiger partial charge >= 0.3 is 5.97 Å². The maximum atomic E-state index is 13.4. The highest BCUT2D eigenvalue weighted by molar-refractivity contribution is 5.98. The maximum absolute atomic E-state index is 13.4.